The molecule has 146 valence electrons. The first-order valence-corrected chi connectivity index (χ1v) is 11.1. The van der Waals surface area contributed by atoms with E-state index in [1.165, 1.54) is 84.1 Å². The fourth-order valence-electron chi connectivity index (χ4n) is 5.58. The van der Waals surface area contributed by atoms with E-state index in [0.29, 0.717) is 5.41 Å². The molecule has 3 nitrogen and oxygen atoms in total. The third-order valence-corrected chi connectivity index (χ3v) is 7.60. The van der Waals surface area contributed by atoms with E-state index in [9.17, 15) is 0 Å². The van der Waals surface area contributed by atoms with Crippen LogP contribution in [0.3, 0.4) is 0 Å². The number of hydrogen-bond donors (Lipinski definition) is 1. The van der Waals surface area contributed by atoms with Crippen LogP contribution >= 0.6 is 0 Å². The molecular weight excluding hydrogens is 306 g/mol. The molecule has 0 aromatic heterocycles. The summed E-state index contributed by atoms with van der Waals surface area (Å²) in [6, 6.07) is 1.66. The second-order valence-corrected chi connectivity index (χ2v) is 10.2. The Bertz CT molecular complexity index is 379. The van der Waals surface area contributed by atoms with Gasteiger partial charge in [0.05, 0.1) is 0 Å². The van der Waals surface area contributed by atoms with E-state index in [2.05, 4.69) is 42.9 Å². The van der Waals surface area contributed by atoms with Crippen molar-refractivity contribution < 1.29 is 0 Å². The molecule has 3 rings (SSSR count). The van der Waals surface area contributed by atoms with Crippen LogP contribution in [-0.2, 0) is 0 Å². The highest BCUT2D eigenvalue weighted by Gasteiger charge is 2.32. The van der Waals surface area contributed by atoms with Crippen molar-refractivity contribution in [3.05, 3.63) is 0 Å². The first-order valence-electron chi connectivity index (χ1n) is 11.1. The van der Waals surface area contributed by atoms with Crippen molar-refractivity contribution in [1.29, 1.82) is 0 Å². The molecule has 0 bridgehead atoms. The van der Waals surface area contributed by atoms with Crippen LogP contribution in [-0.4, -0.2) is 61.7 Å². The predicted molar refractivity (Wildman–Crippen MR) is 108 cm³/mol. The molecule has 3 fully saturated rings. The first-order chi connectivity index (χ1) is 12.0. The Morgan fingerprint density at radius 3 is 1.92 bits per heavy atom. The lowest BCUT2D eigenvalue weighted by Crippen LogP contribution is -2.47. The summed E-state index contributed by atoms with van der Waals surface area (Å²) in [5.74, 6) is 1.88. The number of nitrogens with one attached hydrogen (secondary N) is 1. The van der Waals surface area contributed by atoms with Crippen molar-refractivity contribution >= 4 is 0 Å². The number of likely N-dealkylation sites (tertiary alicyclic amines) is 2. The van der Waals surface area contributed by atoms with Crippen LogP contribution in [0.1, 0.15) is 72.1 Å². The van der Waals surface area contributed by atoms with E-state index in [0.717, 1.165) is 23.9 Å². The molecule has 0 aromatic rings. The van der Waals surface area contributed by atoms with Gasteiger partial charge in [-0.2, -0.15) is 0 Å². The summed E-state index contributed by atoms with van der Waals surface area (Å²) in [5, 5.41) is 3.47. The largest absolute Gasteiger partial charge is 0.317 e. The Kier molecular flexibility index (Phi) is 6.84. The summed E-state index contributed by atoms with van der Waals surface area (Å²) < 4.78 is 0. The van der Waals surface area contributed by atoms with Crippen molar-refractivity contribution in [3.8, 4) is 0 Å². The van der Waals surface area contributed by atoms with Gasteiger partial charge in [-0.25, -0.2) is 0 Å². The van der Waals surface area contributed by atoms with E-state index in [1.54, 1.807) is 0 Å². The standard InChI is InChI=1S/C22H43N3/c1-22(2,3)19-11-13-24(14-12-19)17-18-9-15-25(16-10-18)21-7-5-20(23-4)6-8-21/h18-21,23H,5-17H2,1-4H3. The molecule has 25 heavy (non-hydrogen) atoms. The van der Waals surface area contributed by atoms with Gasteiger partial charge in [-0.3, -0.25) is 0 Å². The maximum absolute atomic E-state index is 3.47. The average molecular weight is 350 g/mol. The zero-order chi connectivity index (χ0) is 17.9. The van der Waals surface area contributed by atoms with Gasteiger partial charge >= 0.3 is 0 Å². The highest BCUT2D eigenvalue weighted by Crippen LogP contribution is 2.35. The van der Waals surface area contributed by atoms with E-state index >= 15 is 0 Å². The summed E-state index contributed by atoms with van der Waals surface area (Å²) in [5.41, 5.74) is 0.504. The molecule has 3 heteroatoms. The lowest BCUT2D eigenvalue weighted by Gasteiger charge is -2.43. The van der Waals surface area contributed by atoms with Crippen molar-refractivity contribution in [2.75, 3.05) is 39.8 Å². The molecule has 1 aliphatic carbocycles. The molecule has 0 spiro atoms. The molecule has 0 aromatic carbocycles. The molecule has 0 radical (unpaired) electrons. The molecular formula is C22H43N3. The fraction of sp³-hybridized carbons (Fsp3) is 1.00. The number of nitrogens with zero attached hydrogens (tertiary/aromatic N) is 2. The molecule has 2 heterocycles. The number of piperidine rings is 2. The van der Waals surface area contributed by atoms with Crippen LogP contribution in [0.15, 0.2) is 0 Å². The molecule has 2 saturated heterocycles. The highest BCUT2D eigenvalue weighted by molar-refractivity contribution is 4.86. The SMILES string of the molecule is CNC1CCC(N2CCC(CN3CCC(C(C)(C)C)CC3)CC2)CC1. The van der Waals surface area contributed by atoms with E-state index < -0.39 is 0 Å². The quantitative estimate of drug-likeness (QED) is 0.828. The second-order valence-electron chi connectivity index (χ2n) is 10.2. The van der Waals surface area contributed by atoms with Crippen LogP contribution in [0.25, 0.3) is 0 Å². The lowest BCUT2D eigenvalue weighted by molar-refractivity contribution is 0.0657. The Hall–Kier alpha value is -0.120. The van der Waals surface area contributed by atoms with Crippen LogP contribution in [0.2, 0.25) is 0 Å². The van der Waals surface area contributed by atoms with Crippen LogP contribution in [0.5, 0.6) is 0 Å². The molecule has 0 amide bonds. The normalized spacial score (nSPS) is 32.2. The third kappa shape index (κ3) is 5.43. The molecule has 3 aliphatic rings. The van der Waals surface area contributed by atoms with Crippen LogP contribution < -0.4 is 5.32 Å². The number of rotatable bonds is 4. The van der Waals surface area contributed by atoms with Crippen molar-refractivity contribution in [1.82, 2.24) is 15.1 Å². The topological polar surface area (TPSA) is 18.5 Å². The summed E-state index contributed by atoms with van der Waals surface area (Å²) in [6.07, 6.45) is 11.3. The van der Waals surface area contributed by atoms with E-state index in [4.69, 9.17) is 0 Å². The maximum atomic E-state index is 3.47. The highest BCUT2D eigenvalue weighted by atomic mass is 15.2. The van der Waals surface area contributed by atoms with Gasteiger partial charge in [-0.15, -0.1) is 0 Å². The third-order valence-electron chi connectivity index (χ3n) is 7.60. The molecule has 1 N–H and O–H groups in total. The minimum absolute atomic E-state index is 0.504. The summed E-state index contributed by atoms with van der Waals surface area (Å²) in [7, 11) is 2.13. The Morgan fingerprint density at radius 1 is 0.800 bits per heavy atom. The zero-order valence-corrected chi connectivity index (χ0v) is 17.4. The van der Waals surface area contributed by atoms with Gasteiger partial charge in [0.1, 0.15) is 0 Å². The fourth-order valence-corrected chi connectivity index (χ4v) is 5.58. The molecule has 2 aliphatic heterocycles. The molecule has 1 saturated carbocycles. The molecule has 0 atom stereocenters. The average Bonchev–Trinajstić information content (AvgIpc) is 2.62. The maximum Gasteiger partial charge on any atom is 0.00964 e. The van der Waals surface area contributed by atoms with Gasteiger partial charge in [0.15, 0.2) is 0 Å². The Morgan fingerprint density at radius 2 is 1.40 bits per heavy atom. The second kappa shape index (κ2) is 8.71. The van der Waals surface area contributed by atoms with Gasteiger partial charge in [0.2, 0.25) is 0 Å². The smallest absolute Gasteiger partial charge is 0.00964 e. The van der Waals surface area contributed by atoms with E-state index in [-0.39, 0.29) is 0 Å². The van der Waals surface area contributed by atoms with Crippen LogP contribution in [0.4, 0.5) is 0 Å². The minimum Gasteiger partial charge on any atom is -0.317 e. The Balaban J connectivity index is 1.35. The zero-order valence-electron chi connectivity index (χ0n) is 17.4. The van der Waals surface area contributed by atoms with Crippen LogP contribution in [0, 0.1) is 17.3 Å². The van der Waals surface area contributed by atoms with E-state index in [1.807, 2.05) is 0 Å². The monoisotopic (exact) mass is 349 g/mol. The minimum atomic E-state index is 0.504. The van der Waals surface area contributed by atoms with Gasteiger partial charge < -0.3 is 15.1 Å². The lowest BCUT2D eigenvalue weighted by atomic mass is 9.75. The predicted octanol–water partition coefficient (Wildman–Crippen LogP) is 3.99. The summed E-state index contributed by atoms with van der Waals surface area (Å²) >= 11 is 0. The van der Waals surface area contributed by atoms with Gasteiger partial charge in [-0.05, 0) is 102 Å². The molecule has 0 unspecified atom stereocenters. The van der Waals surface area contributed by atoms with Crippen molar-refractivity contribution in [2.24, 2.45) is 17.3 Å². The summed E-state index contributed by atoms with van der Waals surface area (Å²) in [4.78, 5) is 5.61. The first kappa shape index (κ1) is 19.6. The number of hydrogen-bond acceptors (Lipinski definition) is 3. The van der Waals surface area contributed by atoms with Gasteiger partial charge in [0.25, 0.3) is 0 Å². The van der Waals surface area contributed by atoms with Gasteiger partial charge in [-0.1, -0.05) is 20.8 Å². The Labute approximate surface area is 156 Å². The van der Waals surface area contributed by atoms with Crippen molar-refractivity contribution in [2.45, 2.75) is 84.2 Å². The van der Waals surface area contributed by atoms with Gasteiger partial charge in [0, 0.05) is 18.6 Å². The van der Waals surface area contributed by atoms with Crippen molar-refractivity contribution in [3.63, 3.8) is 0 Å². The summed E-state index contributed by atoms with van der Waals surface area (Å²) in [6.45, 7) is 14.0.